The summed E-state index contributed by atoms with van der Waals surface area (Å²) < 4.78 is 4.91. The van der Waals surface area contributed by atoms with Gasteiger partial charge in [0, 0.05) is 30.7 Å². The summed E-state index contributed by atoms with van der Waals surface area (Å²) in [5.74, 6) is 0.320. The maximum absolute atomic E-state index is 11.9. The summed E-state index contributed by atoms with van der Waals surface area (Å²) in [6.07, 6.45) is 1.78. The number of ether oxygens (including phenoxy) is 1. The third-order valence-electron chi connectivity index (χ3n) is 2.85. The van der Waals surface area contributed by atoms with E-state index in [0.29, 0.717) is 0 Å². The number of carbonyl (C=O) groups is 1. The van der Waals surface area contributed by atoms with Crippen LogP contribution in [0.15, 0.2) is 23.3 Å². The highest BCUT2D eigenvalue weighted by Gasteiger charge is 2.17. The minimum atomic E-state index is -0.566. The van der Waals surface area contributed by atoms with Crippen LogP contribution < -0.4 is 15.5 Å². The zero-order valence-electron chi connectivity index (χ0n) is 10.9. The number of nitrogens with one attached hydrogen (secondary N) is 2. The van der Waals surface area contributed by atoms with Crippen LogP contribution in [0.25, 0.3) is 0 Å². The Bertz CT molecular complexity index is 563. The number of hydrogen-bond donors (Lipinski definition) is 2. The Morgan fingerprint density at radius 1 is 1.55 bits per heavy atom. The third kappa shape index (κ3) is 3.02. The van der Waals surface area contributed by atoms with Crippen molar-refractivity contribution >= 4 is 17.4 Å². The maximum atomic E-state index is 11.9. The summed E-state index contributed by atoms with van der Waals surface area (Å²) in [4.78, 5) is 22.1. The molecule has 1 saturated heterocycles. The van der Waals surface area contributed by atoms with E-state index in [4.69, 9.17) is 4.74 Å². The molecular weight excluding hydrogens is 264 g/mol. The monoisotopic (exact) mass is 278 g/mol. The van der Waals surface area contributed by atoms with Crippen molar-refractivity contribution in [2.45, 2.75) is 12.8 Å². The number of benzene rings is 1. The average Bonchev–Trinajstić information content (AvgIpc) is 2.97. The van der Waals surface area contributed by atoms with E-state index < -0.39 is 10.8 Å². The first-order chi connectivity index (χ1) is 9.61. The van der Waals surface area contributed by atoms with E-state index in [1.54, 1.807) is 0 Å². The fourth-order valence-electron chi connectivity index (χ4n) is 1.82. The minimum Gasteiger partial charge on any atom is -0.490 e. The van der Waals surface area contributed by atoms with Crippen molar-refractivity contribution in [1.82, 2.24) is 10.7 Å². The Kier molecular flexibility index (Phi) is 4.14. The summed E-state index contributed by atoms with van der Waals surface area (Å²) in [7, 11) is 1.31. The first kappa shape index (κ1) is 13.8. The molecule has 0 unspecified atom stereocenters. The number of nitro benzene ring substituents is 1. The van der Waals surface area contributed by atoms with Crippen LogP contribution in [-0.4, -0.2) is 30.3 Å². The molecule has 1 aromatic carbocycles. The molecule has 1 fully saturated rings. The van der Waals surface area contributed by atoms with Crippen molar-refractivity contribution in [1.29, 1.82) is 0 Å². The molecule has 2 rings (SSSR count). The van der Waals surface area contributed by atoms with Gasteiger partial charge in [0.1, 0.15) is 5.84 Å². The van der Waals surface area contributed by atoms with E-state index in [2.05, 4.69) is 15.8 Å². The molecular formula is C12H14N4O4. The summed E-state index contributed by atoms with van der Waals surface area (Å²) in [6, 6.07) is 3.91. The lowest BCUT2D eigenvalue weighted by Gasteiger charge is -2.05. The SMILES string of the molecule is COc1cc(C(=O)N/N=C2\CCCN2)ccc1[N+](=O)[O-]. The first-order valence-corrected chi connectivity index (χ1v) is 6.05. The van der Waals surface area contributed by atoms with Gasteiger partial charge in [-0.25, -0.2) is 5.43 Å². The molecule has 0 aromatic heterocycles. The molecule has 2 N–H and O–H groups in total. The molecule has 106 valence electrons. The number of methoxy groups -OCH3 is 1. The molecule has 1 aliphatic rings. The molecule has 0 spiro atoms. The zero-order valence-corrected chi connectivity index (χ0v) is 10.9. The number of amidine groups is 1. The van der Waals surface area contributed by atoms with Crippen LogP contribution in [0.1, 0.15) is 23.2 Å². The summed E-state index contributed by atoms with van der Waals surface area (Å²) in [6.45, 7) is 0.847. The Balaban J connectivity index is 2.13. The predicted octanol–water partition coefficient (Wildman–Crippen LogP) is 1.03. The summed E-state index contributed by atoms with van der Waals surface area (Å²) in [5, 5.41) is 17.7. The van der Waals surface area contributed by atoms with Crippen molar-refractivity contribution in [2.24, 2.45) is 5.10 Å². The van der Waals surface area contributed by atoms with Crippen molar-refractivity contribution in [3.8, 4) is 5.75 Å². The fourth-order valence-corrected chi connectivity index (χ4v) is 1.82. The van der Waals surface area contributed by atoms with Gasteiger partial charge in [0.2, 0.25) is 0 Å². The van der Waals surface area contributed by atoms with Crippen molar-refractivity contribution in [2.75, 3.05) is 13.7 Å². The fraction of sp³-hybridized carbons (Fsp3) is 0.333. The van der Waals surface area contributed by atoms with Gasteiger partial charge in [-0.15, -0.1) is 0 Å². The highest BCUT2D eigenvalue weighted by atomic mass is 16.6. The molecule has 20 heavy (non-hydrogen) atoms. The van der Waals surface area contributed by atoms with Crippen LogP contribution in [0.3, 0.4) is 0 Å². The van der Waals surface area contributed by atoms with Gasteiger partial charge < -0.3 is 10.1 Å². The number of hydrogen-bond acceptors (Lipinski definition) is 5. The van der Waals surface area contributed by atoms with Gasteiger partial charge in [-0.3, -0.25) is 14.9 Å². The minimum absolute atomic E-state index is 0.0364. The topological polar surface area (TPSA) is 106 Å². The second-order valence-electron chi connectivity index (χ2n) is 4.17. The Hall–Kier alpha value is -2.64. The lowest BCUT2D eigenvalue weighted by Crippen LogP contribution is -2.23. The van der Waals surface area contributed by atoms with Gasteiger partial charge in [0.05, 0.1) is 12.0 Å². The maximum Gasteiger partial charge on any atom is 0.310 e. The Morgan fingerprint density at radius 2 is 2.35 bits per heavy atom. The standard InChI is InChI=1S/C12H14N4O4/c1-20-10-7-8(4-5-9(10)16(18)19)12(17)15-14-11-3-2-6-13-11/h4-5,7H,2-3,6H2,1H3,(H,13,14)(H,15,17). The molecule has 8 heteroatoms. The van der Waals surface area contributed by atoms with Crippen molar-refractivity contribution < 1.29 is 14.5 Å². The average molecular weight is 278 g/mol. The van der Waals surface area contributed by atoms with Gasteiger partial charge in [0.25, 0.3) is 5.91 Å². The quantitative estimate of drug-likeness (QED) is 0.632. The van der Waals surface area contributed by atoms with Gasteiger partial charge in [0.15, 0.2) is 5.75 Å². The van der Waals surface area contributed by atoms with E-state index >= 15 is 0 Å². The third-order valence-corrected chi connectivity index (χ3v) is 2.85. The van der Waals surface area contributed by atoms with Crippen LogP contribution in [0.2, 0.25) is 0 Å². The largest absolute Gasteiger partial charge is 0.490 e. The Morgan fingerprint density at radius 3 is 2.95 bits per heavy atom. The number of nitro groups is 1. The molecule has 0 radical (unpaired) electrons. The molecule has 1 aliphatic heterocycles. The van der Waals surface area contributed by atoms with E-state index in [0.717, 1.165) is 25.2 Å². The van der Waals surface area contributed by atoms with E-state index in [9.17, 15) is 14.9 Å². The van der Waals surface area contributed by atoms with Gasteiger partial charge in [-0.1, -0.05) is 0 Å². The highest BCUT2D eigenvalue weighted by Crippen LogP contribution is 2.27. The zero-order chi connectivity index (χ0) is 14.5. The van der Waals surface area contributed by atoms with Crippen LogP contribution >= 0.6 is 0 Å². The number of nitrogens with zero attached hydrogens (tertiary/aromatic N) is 2. The van der Waals surface area contributed by atoms with E-state index in [-0.39, 0.29) is 17.0 Å². The molecule has 0 saturated carbocycles. The van der Waals surface area contributed by atoms with Crippen LogP contribution in [-0.2, 0) is 0 Å². The van der Waals surface area contributed by atoms with E-state index in [1.165, 1.54) is 25.3 Å². The van der Waals surface area contributed by atoms with Crippen LogP contribution in [0, 0.1) is 10.1 Å². The summed E-state index contributed by atoms with van der Waals surface area (Å²) in [5.41, 5.74) is 2.46. The Labute approximate surface area is 115 Å². The predicted molar refractivity (Wildman–Crippen MR) is 71.8 cm³/mol. The summed E-state index contributed by atoms with van der Waals surface area (Å²) >= 11 is 0. The number of hydrazone groups is 1. The number of carbonyl (C=O) groups excluding carboxylic acids is 1. The normalized spacial score (nSPS) is 15.8. The molecule has 1 amide bonds. The highest BCUT2D eigenvalue weighted by molar-refractivity contribution is 5.96. The van der Waals surface area contributed by atoms with Gasteiger partial charge in [-0.2, -0.15) is 5.10 Å². The molecule has 8 nitrogen and oxygen atoms in total. The van der Waals surface area contributed by atoms with Gasteiger partial charge >= 0.3 is 5.69 Å². The van der Waals surface area contributed by atoms with Crippen molar-refractivity contribution in [3.05, 3.63) is 33.9 Å². The number of amides is 1. The second kappa shape index (κ2) is 6.00. The first-order valence-electron chi connectivity index (χ1n) is 6.05. The smallest absolute Gasteiger partial charge is 0.310 e. The molecule has 1 heterocycles. The lowest BCUT2D eigenvalue weighted by atomic mass is 10.2. The lowest BCUT2D eigenvalue weighted by molar-refractivity contribution is -0.385. The van der Waals surface area contributed by atoms with E-state index in [1.807, 2.05) is 0 Å². The molecule has 0 bridgehead atoms. The van der Waals surface area contributed by atoms with Crippen molar-refractivity contribution in [3.63, 3.8) is 0 Å². The van der Waals surface area contributed by atoms with Gasteiger partial charge in [-0.05, 0) is 12.5 Å². The molecule has 0 aliphatic carbocycles. The van der Waals surface area contributed by atoms with Crippen LogP contribution in [0.5, 0.6) is 5.75 Å². The van der Waals surface area contributed by atoms with Crippen LogP contribution in [0.4, 0.5) is 5.69 Å². The second-order valence-corrected chi connectivity index (χ2v) is 4.17. The molecule has 0 atom stereocenters. The molecule has 1 aromatic rings. The number of rotatable bonds is 4.